The lowest BCUT2D eigenvalue weighted by atomic mass is 10.0. The molecular formula is C12H15NO4. The molecule has 1 rings (SSSR count). The topological polar surface area (TPSA) is 80.4 Å². The Bertz CT molecular complexity index is 429. The third-order valence-electron chi connectivity index (χ3n) is 2.58. The minimum absolute atomic E-state index is 0.0542. The van der Waals surface area contributed by atoms with Crippen molar-refractivity contribution in [1.29, 1.82) is 0 Å². The summed E-state index contributed by atoms with van der Waals surface area (Å²) in [5, 5.41) is 19.6. The van der Waals surface area contributed by atoms with Gasteiger partial charge in [-0.1, -0.05) is 19.8 Å². The van der Waals surface area contributed by atoms with Gasteiger partial charge in [-0.2, -0.15) is 0 Å². The van der Waals surface area contributed by atoms with Crippen LogP contribution in [0.5, 0.6) is 0 Å². The molecule has 0 aliphatic heterocycles. The average Bonchev–Trinajstić information content (AvgIpc) is 2.28. The molecule has 0 aliphatic carbocycles. The van der Waals surface area contributed by atoms with E-state index < -0.39 is 10.9 Å². The standard InChI is InChI=1S/C12H15NO4/c1-2-3-4-5-9-8-10(13(16)17)6-7-11(9)12(14)15/h6-8H,2-5H2,1H3,(H,14,15). The number of carboxylic acid groups (broad SMARTS) is 1. The second-order valence-corrected chi connectivity index (χ2v) is 3.86. The minimum atomic E-state index is -1.04. The first-order valence-electron chi connectivity index (χ1n) is 5.57. The van der Waals surface area contributed by atoms with Crippen LogP contribution >= 0.6 is 0 Å². The Kier molecular flexibility index (Phi) is 4.63. The van der Waals surface area contributed by atoms with Crippen molar-refractivity contribution >= 4 is 11.7 Å². The molecule has 0 spiro atoms. The molecule has 0 radical (unpaired) electrons. The van der Waals surface area contributed by atoms with E-state index in [1.807, 2.05) is 6.92 Å². The largest absolute Gasteiger partial charge is 0.478 e. The van der Waals surface area contributed by atoms with Gasteiger partial charge < -0.3 is 5.11 Å². The zero-order chi connectivity index (χ0) is 12.8. The highest BCUT2D eigenvalue weighted by Gasteiger charge is 2.14. The van der Waals surface area contributed by atoms with Crippen molar-refractivity contribution in [3.8, 4) is 0 Å². The molecule has 1 N–H and O–H groups in total. The summed E-state index contributed by atoms with van der Waals surface area (Å²) < 4.78 is 0. The maximum atomic E-state index is 11.0. The summed E-state index contributed by atoms with van der Waals surface area (Å²) in [6, 6.07) is 3.90. The van der Waals surface area contributed by atoms with Crippen molar-refractivity contribution in [3.05, 3.63) is 39.4 Å². The zero-order valence-electron chi connectivity index (χ0n) is 9.68. The number of aryl methyl sites for hydroxylation is 1. The summed E-state index contributed by atoms with van der Waals surface area (Å²) in [5.74, 6) is -1.04. The van der Waals surface area contributed by atoms with Crippen LogP contribution in [0.2, 0.25) is 0 Å². The highest BCUT2D eigenvalue weighted by atomic mass is 16.6. The highest BCUT2D eigenvalue weighted by Crippen LogP contribution is 2.20. The third kappa shape index (κ3) is 3.55. The summed E-state index contributed by atoms with van der Waals surface area (Å²) in [6.07, 6.45) is 3.42. The van der Waals surface area contributed by atoms with Gasteiger partial charge in [0.1, 0.15) is 0 Å². The maximum absolute atomic E-state index is 11.0. The van der Waals surface area contributed by atoms with Crippen molar-refractivity contribution in [2.75, 3.05) is 0 Å². The Hall–Kier alpha value is -1.91. The first-order valence-corrected chi connectivity index (χ1v) is 5.57. The van der Waals surface area contributed by atoms with Crippen LogP contribution in [0.3, 0.4) is 0 Å². The Morgan fingerprint density at radius 1 is 1.41 bits per heavy atom. The Balaban J connectivity index is 2.98. The number of unbranched alkanes of at least 4 members (excludes halogenated alkanes) is 2. The first-order chi connectivity index (χ1) is 8.06. The number of nitro benzene ring substituents is 1. The third-order valence-corrected chi connectivity index (χ3v) is 2.58. The van der Waals surface area contributed by atoms with E-state index in [0.717, 1.165) is 19.3 Å². The Labute approximate surface area is 99.2 Å². The number of aromatic carboxylic acids is 1. The second-order valence-electron chi connectivity index (χ2n) is 3.86. The highest BCUT2D eigenvalue weighted by molar-refractivity contribution is 5.89. The molecule has 5 nitrogen and oxygen atoms in total. The van der Waals surface area contributed by atoms with Crippen molar-refractivity contribution in [2.45, 2.75) is 32.6 Å². The molecule has 0 bridgehead atoms. The van der Waals surface area contributed by atoms with Gasteiger partial charge >= 0.3 is 5.97 Å². The average molecular weight is 237 g/mol. The number of carboxylic acids is 1. The summed E-state index contributed by atoms with van der Waals surface area (Å²) in [5.41, 5.74) is 0.647. The summed E-state index contributed by atoms with van der Waals surface area (Å²) in [6.45, 7) is 2.05. The molecule has 0 saturated carbocycles. The summed E-state index contributed by atoms with van der Waals surface area (Å²) in [7, 11) is 0. The SMILES string of the molecule is CCCCCc1cc([N+](=O)[O-])ccc1C(=O)O. The number of hydrogen-bond acceptors (Lipinski definition) is 3. The van der Waals surface area contributed by atoms with Gasteiger partial charge in [-0.3, -0.25) is 10.1 Å². The minimum Gasteiger partial charge on any atom is -0.478 e. The molecule has 5 heteroatoms. The van der Waals surface area contributed by atoms with Crippen molar-refractivity contribution in [2.24, 2.45) is 0 Å². The number of benzene rings is 1. The molecule has 17 heavy (non-hydrogen) atoms. The van der Waals surface area contributed by atoms with E-state index in [-0.39, 0.29) is 11.3 Å². The van der Waals surface area contributed by atoms with Crippen molar-refractivity contribution in [1.82, 2.24) is 0 Å². The molecule has 0 fully saturated rings. The lowest BCUT2D eigenvalue weighted by Gasteiger charge is -2.05. The lowest BCUT2D eigenvalue weighted by Crippen LogP contribution is -2.03. The fraction of sp³-hybridized carbons (Fsp3) is 0.417. The van der Waals surface area contributed by atoms with Gasteiger partial charge in [0.2, 0.25) is 0 Å². The Morgan fingerprint density at radius 2 is 2.12 bits per heavy atom. The van der Waals surface area contributed by atoms with Crippen LogP contribution in [0.25, 0.3) is 0 Å². The van der Waals surface area contributed by atoms with E-state index in [0.29, 0.717) is 12.0 Å². The van der Waals surface area contributed by atoms with Crippen LogP contribution in [0.4, 0.5) is 5.69 Å². The maximum Gasteiger partial charge on any atom is 0.335 e. The molecule has 1 aromatic carbocycles. The summed E-state index contributed by atoms with van der Waals surface area (Å²) in [4.78, 5) is 21.1. The molecule has 0 amide bonds. The van der Waals surface area contributed by atoms with E-state index in [1.54, 1.807) is 0 Å². The van der Waals surface area contributed by atoms with Crippen LogP contribution in [-0.4, -0.2) is 16.0 Å². The van der Waals surface area contributed by atoms with Gasteiger partial charge in [-0.15, -0.1) is 0 Å². The molecule has 1 aromatic rings. The molecule has 0 unspecified atom stereocenters. The first kappa shape index (κ1) is 13.2. The van der Waals surface area contributed by atoms with Crippen LogP contribution < -0.4 is 0 Å². The molecule has 0 aliphatic rings. The monoisotopic (exact) mass is 237 g/mol. The van der Waals surface area contributed by atoms with E-state index in [9.17, 15) is 14.9 Å². The van der Waals surface area contributed by atoms with Crippen LogP contribution in [-0.2, 0) is 6.42 Å². The predicted octanol–water partition coefficient (Wildman–Crippen LogP) is 3.03. The Morgan fingerprint density at radius 3 is 2.65 bits per heavy atom. The number of hydrogen-bond donors (Lipinski definition) is 1. The second kappa shape index (κ2) is 5.98. The van der Waals surface area contributed by atoms with Crippen LogP contribution in [0.15, 0.2) is 18.2 Å². The molecule has 0 saturated heterocycles. The van der Waals surface area contributed by atoms with Gasteiger partial charge in [0.15, 0.2) is 0 Å². The summed E-state index contributed by atoms with van der Waals surface area (Å²) >= 11 is 0. The van der Waals surface area contributed by atoms with Crippen molar-refractivity contribution < 1.29 is 14.8 Å². The number of nitrogens with zero attached hydrogens (tertiary/aromatic N) is 1. The van der Waals surface area contributed by atoms with Crippen LogP contribution in [0, 0.1) is 10.1 Å². The number of nitro groups is 1. The lowest BCUT2D eigenvalue weighted by molar-refractivity contribution is -0.384. The quantitative estimate of drug-likeness (QED) is 0.468. The molecule has 0 atom stereocenters. The van der Waals surface area contributed by atoms with Gasteiger partial charge in [0, 0.05) is 12.1 Å². The number of rotatable bonds is 6. The zero-order valence-corrected chi connectivity index (χ0v) is 9.68. The molecule has 92 valence electrons. The van der Waals surface area contributed by atoms with Crippen molar-refractivity contribution in [3.63, 3.8) is 0 Å². The van der Waals surface area contributed by atoms with E-state index >= 15 is 0 Å². The van der Waals surface area contributed by atoms with Gasteiger partial charge in [-0.25, -0.2) is 4.79 Å². The van der Waals surface area contributed by atoms with E-state index in [2.05, 4.69) is 0 Å². The van der Waals surface area contributed by atoms with Gasteiger partial charge in [0.05, 0.1) is 10.5 Å². The van der Waals surface area contributed by atoms with Gasteiger partial charge in [0.25, 0.3) is 5.69 Å². The molecular weight excluding hydrogens is 222 g/mol. The van der Waals surface area contributed by atoms with Crippen LogP contribution in [0.1, 0.15) is 42.1 Å². The normalized spacial score (nSPS) is 10.2. The smallest absolute Gasteiger partial charge is 0.335 e. The van der Waals surface area contributed by atoms with Gasteiger partial charge in [-0.05, 0) is 24.5 Å². The van der Waals surface area contributed by atoms with E-state index in [4.69, 9.17) is 5.11 Å². The molecule has 0 aromatic heterocycles. The van der Waals surface area contributed by atoms with E-state index in [1.165, 1.54) is 18.2 Å². The number of non-ortho nitro benzene ring substituents is 1. The molecule has 0 heterocycles. The number of carbonyl (C=O) groups is 1. The predicted molar refractivity (Wildman–Crippen MR) is 63.3 cm³/mol. The fourth-order valence-corrected chi connectivity index (χ4v) is 1.67. The fourth-order valence-electron chi connectivity index (χ4n) is 1.67.